The molecule has 1 N–H and O–H groups in total. The standard InChI is InChI=1S/C20H27N3O4/c1-4-20(2,3)22-17(24)13-26-18(25)14-9-11-23(12-10-14)19-21-15-7-5-6-8-16(15)27-19/h5-8,14H,4,9-13H2,1-3H3,(H,22,24). The van der Waals surface area contributed by atoms with Crippen molar-refractivity contribution in [1.29, 1.82) is 0 Å². The van der Waals surface area contributed by atoms with E-state index in [4.69, 9.17) is 9.15 Å². The summed E-state index contributed by atoms with van der Waals surface area (Å²) in [4.78, 5) is 30.7. The third-order valence-electron chi connectivity index (χ3n) is 5.09. The van der Waals surface area contributed by atoms with Gasteiger partial charge < -0.3 is 19.4 Å². The summed E-state index contributed by atoms with van der Waals surface area (Å²) in [5.74, 6) is -0.770. The van der Waals surface area contributed by atoms with Gasteiger partial charge in [0.05, 0.1) is 5.92 Å². The van der Waals surface area contributed by atoms with Gasteiger partial charge in [0.25, 0.3) is 11.9 Å². The number of anilines is 1. The molecular weight excluding hydrogens is 346 g/mol. The molecule has 0 saturated carbocycles. The van der Waals surface area contributed by atoms with Crippen LogP contribution in [0.15, 0.2) is 28.7 Å². The number of nitrogens with zero attached hydrogens (tertiary/aromatic N) is 2. The van der Waals surface area contributed by atoms with Crippen LogP contribution in [-0.4, -0.2) is 42.1 Å². The molecule has 7 nitrogen and oxygen atoms in total. The van der Waals surface area contributed by atoms with E-state index in [0.29, 0.717) is 31.9 Å². The average Bonchev–Trinajstić information content (AvgIpc) is 3.10. The molecule has 0 aliphatic carbocycles. The number of fused-ring (bicyclic) bond motifs is 1. The van der Waals surface area contributed by atoms with Gasteiger partial charge in [-0.15, -0.1) is 0 Å². The predicted molar refractivity (Wildman–Crippen MR) is 102 cm³/mol. The van der Waals surface area contributed by atoms with E-state index in [2.05, 4.69) is 10.3 Å². The number of carbonyl (C=O) groups excluding carboxylic acids is 2. The third-order valence-corrected chi connectivity index (χ3v) is 5.09. The molecule has 2 aromatic rings. The molecule has 0 spiro atoms. The highest BCUT2D eigenvalue weighted by atomic mass is 16.5. The molecule has 1 amide bonds. The minimum absolute atomic E-state index is 0.197. The highest BCUT2D eigenvalue weighted by Gasteiger charge is 2.29. The Morgan fingerprint density at radius 1 is 1.30 bits per heavy atom. The van der Waals surface area contributed by atoms with E-state index in [1.165, 1.54) is 0 Å². The molecule has 1 saturated heterocycles. The van der Waals surface area contributed by atoms with Crippen molar-refractivity contribution >= 4 is 29.0 Å². The van der Waals surface area contributed by atoms with Crippen LogP contribution in [0.4, 0.5) is 6.01 Å². The topological polar surface area (TPSA) is 84.7 Å². The molecule has 1 aliphatic rings. The first-order chi connectivity index (χ1) is 12.9. The van der Waals surface area contributed by atoms with Gasteiger partial charge in [0, 0.05) is 18.6 Å². The number of esters is 1. The number of benzene rings is 1. The molecule has 0 atom stereocenters. The summed E-state index contributed by atoms with van der Waals surface area (Å²) in [6.07, 6.45) is 2.11. The molecule has 7 heteroatoms. The van der Waals surface area contributed by atoms with Crippen molar-refractivity contribution in [1.82, 2.24) is 10.3 Å². The maximum atomic E-state index is 12.3. The summed E-state index contributed by atoms with van der Waals surface area (Å²) in [5.41, 5.74) is 1.29. The van der Waals surface area contributed by atoms with Crippen molar-refractivity contribution in [3.05, 3.63) is 24.3 Å². The van der Waals surface area contributed by atoms with Crippen LogP contribution in [0.5, 0.6) is 0 Å². The molecule has 3 rings (SSSR count). The van der Waals surface area contributed by atoms with E-state index in [1.54, 1.807) is 0 Å². The van der Waals surface area contributed by atoms with Crippen molar-refractivity contribution in [3.8, 4) is 0 Å². The summed E-state index contributed by atoms with van der Waals surface area (Å²) < 4.78 is 11.0. The van der Waals surface area contributed by atoms with Gasteiger partial charge in [-0.05, 0) is 45.2 Å². The predicted octanol–water partition coefficient (Wildman–Crippen LogP) is 2.89. The Morgan fingerprint density at radius 3 is 2.67 bits per heavy atom. The first-order valence-electron chi connectivity index (χ1n) is 9.46. The summed E-state index contributed by atoms with van der Waals surface area (Å²) >= 11 is 0. The van der Waals surface area contributed by atoms with Gasteiger partial charge in [-0.25, -0.2) is 0 Å². The Labute approximate surface area is 159 Å². The monoisotopic (exact) mass is 373 g/mol. The summed E-state index contributed by atoms with van der Waals surface area (Å²) in [5, 5.41) is 2.86. The molecule has 0 radical (unpaired) electrons. The Hall–Kier alpha value is -2.57. The SMILES string of the molecule is CCC(C)(C)NC(=O)COC(=O)C1CCN(c2nc3ccccc3o2)CC1. The highest BCUT2D eigenvalue weighted by molar-refractivity contribution is 5.82. The number of ether oxygens (including phenoxy) is 1. The molecule has 0 bridgehead atoms. The number of hydrogen-bond acceptors (Lipinski definition) is 6. The van der Waals surface area contributed by atoms with Gasteiger partial charge in [0.15, 0.2) is 12.2 Å². The normalized spacial score (nSPS) is 15.7. The van der Waals surface area contributed by atoms with Crippen LogP contribution in [0, 0.1) is 5.92 Å². The van der Waals surface area contributed by atoms with Gasteiger partial charge in [-0.1, -0.05) is 19.1 Å². The van der Waals surface area contributed by atoms with Crippen molar-refractivity contribution in [2.45, 2.75) is 45.6 Å². The minimum atomic E-state index is -0.309. The lowest BCUT2D eigenvalue weighted by atomic mass is 9.97. The zero-order valence-electron chi connectivity index (χ0n) is 16.2. The Bertz CT molecular complexity index is 773. The molecule has 146 valence electrons. The Morgan fingerprint density at radius 2 is 2.00 bits per heavy atom. The summed E-state index contributed by atoms with van der Waals surface area (Å²) in [6, 6.07) is 8.23. The molecule has 1 aromatic heterocycles. The van der Waals surface area contributed by atoms with Gasteiger partial charge in [-0.3, -0.25) is 9.59 Å². The second kappa shape index (κ2) is 7.98. The minimum Gasteiger partial charge on any atom is -0.455 e. The molecule has 2 heterocycles. The van der Waals surface area contributed by atoms with Crippen LogP contribution in [-0.2, 0) is 14.3 Å². The van der Waals surface area contributed by atoms with E-state index in [1.807, 2.05) is 49.9 Å². The van der Waals surface area contributed by atoms with Crippen molar-refractivity contribution in [2.75, 3.05) is 24.6 Å². The zero-order valence-corrected chi connectivity index (χ0v) is 16.2. The van der Waals surface area contributed by atoms with Crippen LogP contribution in [0.1, 0.15) is 40.0 Å². The number of carbonyl (C=O) groups is 2. The number of hydrogen-bond donors (Lipinski definition) is 1. The Kier molecular flexibility index (Phi) is 5.68. The first kappa shape index (κ1) is 19.2. The number of amides is 1. The number of piperidine rings is 1. The van der Waals surface area contributed by atoms with E-state index in [9.17, 15) is 9.59 Å². The van der Waals surface area contributed by atoms with E-state index >= 15 is 0 Å². The van der Waals surface area contributed by atoms with Crippen LogP contribution in [0.2, 0.25) is 0 Å². The summed E-state index contributed by atoms with van der Waals surface area (Å²) in [7, 11) is 0. The molecule has 1 aliphatic heterocycles. The van der Waals surface area contributed by atoms with Crippen LogP contribution in [0.25, 0.3) is 11.1 Å². The smallest absolute Gasteiger partial charge is 0.309 e. The van der Waals surface area contributed by atoms with Crippen LogP contribution >= 0.6 is 0 Å². The fourth-order valence-corrected chi connectivity index (χ4v) is 3.06. The van der Waals surface area contributed by atoms with E-state index in [0.717, 1.165) is 17.5 Å². The quantitative estimate of drug-likeness (QED) is 0.784. The largest absolute Gasteiger partial charge is 0.455 e. The lowest BCUT2D eigenvalue weighted by molar-refractivity contribution is -0.153. The van der Waals surface area contributed by atoms with Gasteiger partial charge >= 0.3 is 5.97 Å². The highest BCUT2D eigenvalue weighted by Crippen LogP contribution is 2.26. The van der Waals surface area contributed by atoms with E-state index < -0.39 is 0 Å². The maximum absolute atomic E-state index is 12.3. The van der Waals surface area contributed by atoms with Crippen molar-refractivity contribution < 1.29 is 18.7 Å². The number of rotatable bonds is 6. The fraction of sp³-hybridized carbons (Fsp3) is 0.550. The third kappa shape index (κ3) is 4.78. The van der Waals surface area contributed by atoms with E-state index in [-0.39, 0.29) is 29.9 Å². The van der Waals surface area contributed by atoms with Gasteiger partial charge in [-0.2, -0.15) is 4.98 Å². The second-order valence-electron chi connectivity index (χ2n) is 7.62. The Balaban J connectivity index is 1.47. The zero-order chi connectivity index (χ0) is 19.4. The number of oxazole rings is 1. The van der Waals surface area contributed by atoms with Crippen LogP contribution in [0.3, 0.4) is 0 Å². The number of para-hydroxylation sites is 2. The molecule has 1 fully saturated rings. The fourth-order valence-electron chi connectivity index (χ4n) is 3.06. The first-order valence-corrected chi connectivity index (χ1v) is 9.46. The lowest BCUT2D eigenvalue weighted by Gasteiger charge is -2.29. The number of nitrogens with one attached hydrogen (secondary N) is 1. The van der Waals surface area contributed by atoms with Crippen molar-refractivity contribution in [2.24, 2.45) is 5.92 Å². The van der Waals surface area contributed by atoms with Crippen LogP contribution < -0.4 is 10.2 Å². The van der Waals surface area contributed by atoms with Crippen molar-refractivity contribution in [3.63, 3.8) is 0 Å². The molecule has 0 unspecified atom stereocenters. The number of aromatic nitrogens is 1. The van der Waals surface area contributed by atoms with Gasteiger partial charge in [0.1, 0.15) is 5.52 Å². The molecular formula is C20H27N3O4. The summed E-state index contributed by atoms with van der Waals surface area (Å²) in [6.45, 7) is 6.98. The maximum Gasteiger partial charge on any atom is 0.309 e. The lowest BCUT2D eigenvalue weighted by Crippen LogP contribution is -2.45. The second-order valence-corrected chi connectivity index (χ2v) is 7.62. The van der Waals surface area contributed by atoms with Gasteiger partial charge in [0.2, 0.25) is 0 Å². The average molecular weight is 373 g/mol. The molecule has 1 aromatic carbocycles. The molecule has 27 heavy (non-hydrogen) atoms.